The van der Waals surface area contributed by atoms with Crippen LogP contribution in [0.1, 0.15) is 70.8 Å². The molecule has 3 saturated carbocycles. The van der Waals surface area contributed by atoms with Gasteiger partial charge in [0.2, 0.25) is 0 Å². The Bertz CT molecular complexity index is 1080. The molecule has 6 heteroatoms. The van der Waals surface area contributed by atoms with E-state index in [1.54, 1.807) is 12.4 Å². The van der Waals surface area contributed by atoms with Crippen molar-refractivity contribution in [1.82, 2.24) is 10.3 Å². The number of rotatable bonds is 5. The van der Waals surface area contributed by atoms with Gasteiger partial charge in [-0.1, -0.05) is 30.5 Å². The number of amides is 1. The molecule has 1 amide bonds. The minimum Gasteiger partial charge on any atom is -0.385 e. The van der Waals surface area contributed by atoms with Gasteiger partial charge in [-0.15, -0.1) is 6.42 Å². The lowest BCUT2D eigenvalue weighted by Crippen LogP contribution is -2.54. The Labute approximate surface area is 208 Å². The van der Waals surface area contributed by atoms with Crippen LogP contribution in [-0.4, -0.2) is 33.9 Å². The van der Waals surface area contributed by atoms with E-state index in [-0.39, 0.29) is 23.3 Å². The van der Waals surface area contributed by atoms with Gasteiger partial charge >= 0.3 is 0 Å². The Kier molecular flexibility index (Phi) is 6.25. The molecule has 6 nitrogen and oxygen atoms in total. The molecule has 0 bridgehead atoms. The summed E-state index contributed by atoms with van der Waals surface area (Å²) in [4.78, 5) is 21.5. The van der Waals surface area contributed by atoms with Crippen LogP contribution in [0.15, 0.2) is 41.3 Å². The standard InChI is InChI=1S/C29H37N3O3/c1-4-29(34)14-9-25-23-6-5-21-17-22(7-12-27(21,2)24(23)8-13-28(25,29)3)32-35-19-26(33)31-18-20-10-15-30-16-11-20/h1,10-11,15-17,23-25,34H,5-9,12-14,18-19H2,2-3H3,(H,31,33)/t23-,24+,25-,27+,28-,29-/m1/s1. The average Bonchev–Trinajstić information content (AvgIpc) is 3.14. The summed E-state index contributed by atoms with van der Waals surface area (Å²) in [6.45, 7) is 5.04. The number of oxime groups is 1. The van der Waals surface area contributed by atoms with Crippen LogP contribution >= 0.6 is 0 Å². The fourth-order valence-corrected chi connectivity index (χ4v) is 7.82. The number of hydrogen-bond acceptors (Lipinski definition) is 5. The Morgan fingerprint density at radius 2 is 1.97 bits per heavy atom. The molecule has 6 atom stereocenters. The van der Waals surface area contributed by atoms with Crippen LogP contribution in [0.2, 0.25) is 0 Å². The van der Waals surface area contributed by atoms with Gasteiger partial charge < -0.3 is 15.3 Å². The first-order valence-corrected chi connectivity index (χ1v) is 13.0. The van der Waals surface area contributed by atoms with Crippen LogP contribution in [-0.2, 0) is 16.2 Å². The van der Waals surface area contributed by atoms with Crippen molar-refractivity contribution >= 4 is 11.6 Å². The van der Waals surface area contributed by atoms with Crippen LogP contribution in [0.4, 0.5) is 0 Å². The summed E-state index contributed by atoms with van der Waals surface area (Å²) in [5.41, 5.74) is 2.46. The number of carbonyl (C=O) groups is 1. The molecule has 0 radical (unpaired) electrons. The van der Waals surface area contributed by atoms with Gasteiger partial charge in [0.1, 0.15) is 5.60 Å². The first-order chi connectivity index (χ1) is 16.8. The molecule has 0 aromatic carbocycles. The van der Waals surface area contributed by atoms with Crippen molar-refractivity contribution in [2.24, 2.45) is 33.7 Å². The van der Waals surface area contributed by atoms with Crippen molar-refractivity contribution in [2.75, 3.05) is 6.61 Å². The predicted molar refractivity (Wildman–Crippen MR) is 135 cm³/mol. The summed E-state index contributed by atoms with van der Waals surface area (Å²) in [7, 11) is 0. The number of aromatic nitrogens is 1. The third-order valence-electron chi connectivity index (χ3n) is 9.98. The number of fused-ring (bicyclic) bond motifs is 5. The molecule has 0 saturated heterocycles. The van der Waals surface area contributed by atoms with Crippen molar-refractivity contribution < 1.29 is 14.7 Å². The van der Waals surface area contributed by atoms with E-state index < -0.39 is 5.60 Å². The minimum atomic E-state index is -0.950. The monoisotopic (exact) mass is 475 g/mol. The highest BCUT2D eigenvalue weighted by Crippen LogP contribution is 2.67. The topological polar surface area (TPSA) is 83.8 Å². The molecule has 1 heterocycles. The average molecular weight is 476 g/mol. The largest absolute Gasteiger partial charge is 0.385 e. The van der Waals surface area contributed by atoms with Gasteiger partial charge in [-0.2, -0.15) is 0 Å². The van der Waals surface area contributed by atoms with Gasteiger partial charge in [0.15, 0.2) is 6.61 Å². The molecule has 1 aromatic heterocycles. The first kappa shape index (κ1) is 24.1. The molecule has 35 heavy (non-hydrogen) atoms. The Morgan fingerprint density at radius 3 is 2.74 bits per heavy atom. The van der Waals surface area contributed by atoms with E-state index in [9.17, 15) is 9.90 Å². The van der Waals surface area contributed by atoms with E-state index in [0.29, 0.717) is 24.3 Å². The summed E-state index contributed by atoms with van der Waals surface area (Å²) in [5.74, 6) is 4.34. The molecular formula is C29H37N3O3. The highest BCUT2D eigenvalue weighted by Gasteiger charge is 2.63. The molecule has 186 valence electrons. The van der Waals surface area contributed by atoms with Gasteiger partial charge in [-0.3, -0.25) is 9.78 Å². The van der Waals surface area contributed by atoms with Crippen LogP contribution in [0.3, 0.4) is 0 Å². The molecule has 4 aliphatic carbocycles. The fourth-order valence-electron chi connectivity index (χ4n) is 7.82. The fraction of sp³-hybridized carbons (Fsp3) is 0.621. The van der Waals surface area contributed by atoms with Crippen LogP contribution in [0, 0.1) is 40.9 Å². The Hall–Kier alpha value is -2.65. The summed E-state index contributed by atoms with van der Waals surface area (Å²) in [6.07, 6.45) is 19.5. The van der Waals surface area contributed by atoms with E-state index in [4.69, 9.17) is 11.3 Å². The van der Waals surface area contributed by atoms with E-state index in [2.05, 4.69) is 41.3 Å². The molecule has 2 N–H and O–H groups in total. The van der Waals surface area contributed by atoms with Gasteiger partial charge in [-0.05, 0) is 98.3 Å². The van der Waals surface area contributed by atoms with Crippen molar-refractivity contribution in [2.45, 2.75) is 77.4 Å². The summed E-state index contributed by atoms with van der Waals surface area (Å²) < 4.78 is 0. The summed E-state index contributed by atoms with van der Waals surface area (Å²) >= 11 is 0. The summed E-state index contributed by atoms with van der Waals surface area (Å²) in [5, 5.41) is 18.3. The van der Waals surface area contributed by atoms with Gasteiger partial charge in [0.25, 0.3) is 5.91 Å². The lowest BCUT2D eigenvalue weighted by Gasteiger charge is -2.58. The number of carbonyl (C=O) groups excluding carboxylic acids is 1. The third kappa shape index (κ3) is 4.08. The number of hydrogen-bond donors (Lipinski definition) is 2. The van der Waals surface area contributed by atoms with Crippen molar-refractivity contribution in [3.63, 3.8) is 0 Å². The van der Waals surface area contributed by atoms with Crippen molar-refractivity contribution in [3.8, 4) is 12.3 Å². The maximum Gasteiger partial charge on any atom is 0.261 e. The number of allylic oxidation sites excluding steroid dienone is 2. The summed E-state index contributed by atoms with van der Waals surface area (Å²) in [6, 6.07) is 3.74. The highest BCUT2D eigenvalue weighted by molar-refractivity contribution is 5.96. The van der Waals surface area contributed by atoms with E-state index in [1.165, 1.54) is 5.57 Å². The van der Waals surface area contributed by atoms with Gasteiger partial charge in [-0.25, -0.2) is 0 Å². The lowest BCUT2D eigenvalue weighted by molar-refractivity contribution is -0.125. The smallest absolute Gasteiger partial charge is 0.261 e. The minimum absolute atomic E-state index is 0.0852. The van der Waals surface area contributed by atoms with Crippen LogP contribution in [0.5, 0.6) is 0 Å². The number of terminal acetylenes is 1. The van der Waals surface area contributed by atoms with E-state index >= 15 is 0 Å². The predicted octanol–water partition coefficient (Wildman–Crippen LogP) is 4.40. The number of nitrogens with one attached hydrogen (secondary N) is 1. The number of nitrogens with zero attached hydrogens (tertiary/aromatic N) is 2. The molecular weight excluding hydrogens is 438 g/mol. The Morgan fingerprint density at radius 1 is 1.20 bits per heavy atom. The molecule has 1 aromatic rings. The maximum absolute atomic E-state index is 12.1. The maximum atomic E-state index is 12.1. The van der Waals surface area contributed by atoms with Crippen molar-refractivity contribution in [3.05, 3.63) is 41.7 Å². The van der Waals surface area contributed by atoms with Crippen LogP contribution in [0.25, 0.3) is 0 Å². The third-order valence-corrected chi connectivity index (χ3v) is 9.98. The molecule has 0 unspecified atom stereocenters. The van der Waals surface area contributed by atoms with Crippen LogP contribution < -0.4 is 5.32 Å². The molecule has 0 aliphatic heterocycles. The molecule has 4 aliphatic rings. The SMILES string of the molecule is C#C[C@@]1(O)CC[C@@H]2[C@@H]3CCC4=CC(=NOCC(=O)NCc5ccncc5)CC[C@]4(C)[C@H]3CC[C@]21C. The quantitative estimate of drug-likeness (QED) is 0.488. The van der Waals surface area contributed by atoms with E-state index in [1.807, 2.05) is 12.1 Å². The second-order valence-corrected chi connectivity index (χ2v) is 11.5. The lowest BCUT2D eigenvalue weighted by atomic mass is 9.46. The second-order valence-electron chi connectivity index (χ2n) is 11.5. The number of pyridine rings is 1. The molecule has 5 rings (SSSR count). The highest BCUT2D eigenvalue weighted by atomic mass is 16.6. The normalized spacial score (nSPS) is 39.0. The van der Waals surface area contributed by atoms with Gasteiger partial charge in [0, 0.05) is 24.4 Å². The van der Waals surface area contributed by atoms with Crippen molar-refractivity contribution in [1.29, 1.82) is 0 Å². The van der Waals surface area contributed by atoms with E-state index in [0.717, 1.165) is 62.6 Å². The zero-order valence-corrected chi connectivity index (χ0v) is 20.9. The second kappa shape index (κ2) is 9.09. The first-order valence-electron chi connectivity index (χ1n) is 13.0. The molecule has 3 fully saturated rings. The zero-order chi connectivity index (χ0) is 24.7. The number of aliphatic hydroxyl groups is 1. The molecule has 0 spiro atoms. The zero-order valence-electron chi connectivity index (χ0n) is 20.9. The Balaban J connectivity index is 1.21. The van der Waals surface area contributed by atoms with Gasteiger partial charge in [0.05, 0.1) is 5.71 Å².